The van der Waals surface area contributed by atoms with Gasteiger partial charge in [-0.15, -0.1) is 0 Å². The summed E-state index contributed by atoms with van der Waals surface area (Å²) >= 11 is 0. The summed E-state index contributed by atoms with van der Waals surface area (Å²) < 4.78 is 5.41. The van der Waals surface area contributed by atoms with Gasteiger partial charge in [-0.25, -0.2) is 0 Å². The standard InChI is InChI=1S/C15H23NO/c1-12-4-5-13(2)14(10-12)11-16-8-6-15(17-3)7-9-16/h4-5,10,15H,6-9,11H2,1-3H3. The summed E-state index contributed by atoms with van der Waals surface area (Å²) in [6, 6.07) is 6.74. The van der Waals surface area contributed by atoms with Crippen LogP contribution in [0.2, 0.25) is 0 Å². The Morgan fingerprint density at radius 3 is 2.59 bits per heavy atom. The van der Waals surface area contributed by atoms with Crippen molar-refractivity contribution in [1.29, 1.82) is 0 Å². The SMILES string of the molecule is COC1CCN(Cc2cc(C)ccc2C)CC1. The second-order valence-electron chi connectivity index (χ2n) is 5.14. The van der Waals surface area contributed by atoms with E-state index in [1.807, 2.05) is 7.11 Å². The number of rotatable bonds is 3. The number of hydrogen-bond acceptors (Lipinski definition) is 2. The van der Waals surface area contributed by atoms with Gasteiger partial charge in [-0.05, 0) is 37.8 Å². The van der Waals surface area contributed by atoms with E-state index in [4.69, 9.17) is 4.74 Å². The van der Waals surface area contributed by atoms with Crippen LogP contribution in [0, 0.1) is 13.8 Å². The molecule has 1 aliphatic rings. The number of piperidine rings is 1. The maximum atomic E-state index is 5.41. The highest BCUT2D eigenvalue weighted by molar-refractivity contribution is 5.30. The van der Waals surface area contributed by atoms with Gasteiger partial charge in [0.15, 0.2) is 0 Å². The molecule has 2 rings (SSSR count). The number of aryl methyl sites for hydroxylation is 2. The first-order valence-corrected chi connectivity index (χ1v) is 6.50. The topological polar surface area (TPSA) is 12.5 Å². The lowest BCUT2D eigenvalue weighted by molar-refractivity contribution is 0.0388. The minimum atomic E-state index is 0.477. The lowest BCUT2D eigenvalue weighted by atomic mass is 10.0. The molecule has 94 valence electrons. The Labute approximate surface area is 105 Å². The van der Waals surface area contributed by atoms with Crippen molar-refractivity contribution >= 4 is 0 Å². The number of ether oxygens (including phenoxy) is 1. The molecule has 0 atom stereocenters. The molecule has 1 aromatic carbocycles. The van der Waals surface area contributed by atoms with Gasteiger partial charge in [0.2, 0.25) is 0 Å². The molecule has 0 bridgehead atoms. The third-order valence-electron chi connectivity index (χ3n) is 3.77. The molecule has 0 saturated carbocycles. The molecule has 17 heavy (non-hydrogen) atoms. The van der Waals surface area contributed by atoms with Crippen LogP contribution in [0.3, 0.4) is 0 Å². The molecule has 0 spiro atoms. The lowest BCUT2D eigenvalue weighted by Gasteiger charge is -2.31. The Kier molecular flexibility index (Phi) is 4.19. The normalized spacial score (nSPS) is 18.5. The summed E-state index contributed by atoms with van der Waals surface area (Å²) in [6.45, 7) is 7.78. The fraction of sp³-hybridized carbons (Fsp3) is 0.600. The predicted molar refractivity (Wildman–Crippen MR) is 71.2 cm³/mol. The maximum Gasteiger partial charge on any atom is 0.0595 e. The van der Waals surface area contributed by atoms with Crippen molar-refractivity contribution in [3.8, 4) is 0 Å². The summed E-state index contributed by atoms with van der Waals surface area (Å²) in [5.41, 5.74) is 4.24. The quantitative estimate of drug-likeness (QED) is 0.796. The summed E-state index contributed by atoms with van der Waals surface area (Å²) in [7, 11) is 1.82. The fourth-order valence-electron chi connectivity index (χ4n) is 2.51. The Hall–Kier alpha value is -0.860. The zero-order valence-electron chi connectivity index (χ0n) is 11.2. The van der Waals surface area contributed by atoms with Crippen molar-refractivity contribution in [2.45, 2.75) is 39.3 Å². The molecule has 0 amide bonds. The van der Waals surface area contributed by atoms with Crippen molar-refractivity contribution < 1.29 is 4.74 Å². The molecule has 2 nitrogen and oxygen atoms in total. The van der Waals surface area contributed by atoms with Gasteiger partial charge in [0.25, 0.3) is 0 Å². The van der Waals surface area contributed by atoms with Crippen LogP contribution in [0.5, 0.6) is 0 Å². The first kappa shape index (κ1) is 12.6. The third kappa shape index (κ3) is 3.30. The van der Waals surface area contributed by atoms with Crippen molar-refractivity contribution in [2.75, 3.05) is 20.2 Å². The Bertz CT molecular complexity index is 367. The van der Waals surface area contributed by atoms with E-state index in [1.165, 1.54) is 29.5 Å². The van der Waals surface area contributed by atoms with Crippen LogP contribution in [-0.2, 0) is 11.3 Å². The molecular weight excluding hydrogens is 210 g/mol. The highest BCUT2D eigenvalue weighted by Crippen LogP contribution is 2.18. The van der Waals surface area contributed by atoms with Gasteiger partial charge in [-0.3, -0.25) is 4.90 Å². The van der Waals surface area contributed by atoms with Crippen LogP contribution in [0.25, 0.3) is 0 Å². The minimum Gasteiger partial charge on any atom is -0.381 e. The van der Waals surface area contributed by atoms with E-state index < -0.39 is 0 Å². The summed E-state index contributed by atoms with van der Waals surface area (Å²) in [5, 5.41) is 0. The van der Waals surface area contributed by atoms with Crippen LogP contribution < -0.4 is 0 Å². The van der Waals surface area contributed by atoms with E-state index >= 15 is 0 Å². The molecule has 1 aromatic rings. The highest BCUT2D eigenvalue weighted by Gasteiger charge is 2.18. The largest absolute Gasteiger partial charge is 0.381 e. The number of nitrogens with zero attached hydrogens (tertiary/aromatic N) is 1. The fourth-order valence-corrected chi connectivity index (χ4v) is 2.51. The lowest BCUT2D eigenvalue weighted by Crippen LogP contribution is -2.36. The zero-order chi connectivity index (χ0) is 12.3. The summed E-state index contributed by atoms with van der Waals surface area (Å²) in [5.74, 6) is 0. The second kappa shape index (κ2) is 5.65. The number of benzene rings is 1. The van der Waals surface area contributed by atoms with Gasteiger partial charge >= 0.3 is 0 Å². The van der Waals surface area contributed by atoms with Gasteiger partial charge in [0.1, 0.15) is 0 Å². The number of hydrogen-bond donors (Lipinski definition) is 0. The van der Waals surface area contributed by atoms with Gasteiger partial charge < -0.3 is 4.74 Å². The smallest absolute Gasteiger partial charge is 0.0595 e. The van der Waals surface area contributed by atoms with Gasteiger partial charge in [0, 0.05) is 26.7 Å². The van der Waals surface area contributed by atoms with Crippen molar-refractivity contribution in [3.63, 3.8) is 0 Å². The van der Waals surface area contributed by atoms with Crippen molar-refractivity contribution in [1.82, 2.24) is 4.90 Å². The Morgan fingerprint density at radius 2 is 1.94 bits per heavy atom. The molecule has 2 heteroatoms. The molecule has 0 N–H and O–H groups in total. The zero-order valence-corrected chi connectivity index (χ0v) is 11.2. The van der Waals surface area contributed by atoms with Crippen LogP contribution in [0.1, 0.15) is 29.5 Å². The first-order valence-electron chi connectivity index (χ1n) is 6.50. The van der Waals surface area contributed by atoms with E-state index in [9.17, 15) is 0 Å². The van der Waals surface area contributed by atoms with E-state index in [1.54, 1.807) is 0 Å². The molecule has 0 radical (unpaired) electrons. The van der Waals surface area contributed by atoms with E-state index in [2.05, 4.69) is 36.9 Å². The highest BCUT2D eigenvalue weighted by atomic mass is 16.5. The molecule has 1 aliphatic heterocycles. The van der Waals surface area contributed by atoms with Crippen molar-refractivity contribution in [2.24, 2.45) is 0 Å². The summed E-state index contributed by atoms with van der Waals surface area (Å²) in [4.78, 5) is 2.54. The van der Waals surface area contributed by atoms with Crippen LogP contribution in [-0.4, -0.2) is 31.2 Å². The first-order chi connectivity index (χ1) is 8.19. The van der Waals surface area contributed by atoms with E-state index in [-0.39, 0.29) is 0 Å². The molecule has 0 aromatic heterocycles. The molecule has 1 saturated heterocycles. The molecule has 0 unspecified atom stereocenters. The van der Waals surface area contributed by atoms with Crippen LogP contribution in [0.4, 0.5) is 0 Å². The second-order valence-corrected chi connectivity index (χ2v) is 5.14. The Morgan fingerprint density at radius 1 is 1.24 bits per heavy atom. The number of likely N-dealkylation sites (tertiary alicyclic amines) is 1. The van der Waals surface area contributed by atoms with Crippen molar-refractivity contribution in [3.05, 3.63) is 34.9 Å². The predicted octanol–water partition coefficient (Wildman–Crippen LogP) is 2.91. The Balaban J connectivity index is 1.95. The minimum absolute atomic E-state index is 0.477. The van der Waals surface area contributed by atoms with Crippen LogP contribution in [0.15, 0.2) is 18.2 Å². The summed E-state index contributed by atoms with van der Waals surface area (Å²) in [6.07, 6.45) is 2.81. The molecule has 1 heterocycles. The molecule has 0 aliphatic carbocycles. The number of methoxy groups -OCH3 is 1. The average Bonchev–Trinajstić information content (AvgIpc) is 2.35. The average molecular weight is 233 g/mol. The van der Waals surface area contributed by atoms with E-state index in [0.717, 1.165) is 19.6 Å². The van der Waals surface area contributed by atoms with E-state index in [0.29, 0.717) is 6.10 Å². The molecule has 1 fully saturated rings. The third-order valence-corrected chi connectivity index (χ3v) is 3.77. The van der Waals surface area contributed by atoms with Crippen LogP contribution >= 0.6 is 0 Å². The maximum absolute atomic E-state index is 5.41. The van der Waals surface area contributed by atoms with Gasteiger partial charge in [-0.2, -0.15) is 0 Å². The van der Waals surface area contributed by atoms with Gasteiger partial charge in [-0.1, -0.05) is 23.8 Å². The van der Waals surface area contributed by atoms with Gasteiger partial charge in [0.05, 0.1) is 6.10 Å². The molecular formula is C15H23NO. The monoisotopic (exact) mass is 233 g/mol.